The van der Waals surface area contributed by atoms with Crippen molar-refractivity contribution in [2.75, 3.05) is 0 Å². The van der Waals surface area contributed by atoms with Crippen LogP contribution >= 0.6 is 0 Å². The molecule has 2 atom stereocenters. The lowest BCUT2D eigenvalue weighted by Gasteiger charge is -2.52. The van der Waals surface area contributed by atoms with Crippen molar-refractivity contribution in [3.8, 4) is 0 Å². The van der Waals surface area contributed by atoms with Crippen LogP contribution in [0.1, 0.15) is 80.1 Å². The highest BCUT2D eigenvalue weighted by Gasteiger charge is 2.47. The lowest BCUT2D eigenvalue weighted by Crippen LogP contribution is -2.41. The molecule has 0 heterocycles. The molecule has 4 bridgehead atoms. The van der Waals surface area contributed by atoms with Gasteiger partial charge < -0.3 is 0 Å². The summed E-state index contributed by atoms with van der Waals surface area (Å²) in [6.07, 6.45) is 8.48. The van der Waals surface area contributed by atoms with Crippen LogP contribution in [-0.2, 0) is 0 Å². The molecule has 0 amide bonds. The minimum Gasteiger partial charge on any atom is -0.0735 e. The van der Waals surface area contributed by atoms with Crippen molar-refractivity contribution < 1.29 is 0 Å². The van der Waals surface area contributed by atoms with Crippen molar-refractivity contribution in [1.82, 2.24) is 0 Å². The van der Waals surface area contributed by atoms with Crippen LogP contribution in [-0.4, -0.2) is 0 Å². The number of hydrogen-bond donors (Lipinski definition) is 0. The molecule has 0 aromatic rings. The zero-order valence-corrected chi connectivity index (χ0v) is 14.4. The van der Waals surface area contributed by atoms with Crippen LogP contribution in [0.15, 0.2) is 22.3 Å². The largest absolute Gasteiger partial charge is 0.0735 e. The molecule has 2 fully saturated rings. The summed E-state index contributed by atoms with van der Waals surface area (Å²) >= 11 is 0. The predicted octanol–water partition coefficient (Wildman–Crippen LogP) is 6.29. The van der Waals surface area contributed by atoms with E-state index < -0.39 is 0 Å². The van der Waals surface area contributed by atoms with Gasteiger partial charge in [-0.2, -0.15) is 0 Å². The number of allylic oxidation sites excluding steroid dienone is 4. The average Bonchev–Trinajstić information content (AvgIpc) is 2.38. The molecule has 0 nitrogen and oxygen atoms in total. The highest BCUT2D eigenvalue weighted by molar-refractivity contribution is 5.33. The average molecular weight is 272 g/mol. The number of rotatable bonds is 0. The molecule has 6 aliphatic rings. The van der Waals surface area contributed by atoms with E-state index in [1.807, 2.05) is 0 Å². The van der Waals surface area contributed by atoms with Crippen LogP contribution in [0.3, 0.4) is 0 Å². The Balaban J connectivity index is 0.000000121. The van der Waals surface area contributed by atoms with Crippen molar-refractivity contribution in [2.24, 2.45) is 22.7 Å². The Morgan fingerprint density at radius 2 is 1.05 bits per heavy atom. The van der Waals surface area contributed by atoms with E-state index in [2.05, 4.69) is 41.5 Å². The van der Waals surface area contributed by atoms with Gasteiger partial charge in [0.1, 0.15) is 0 Å². The van der Waals surface area contributed by atoms with E-state index in [0.29, 0.717) is 10.8 Å². The van der Waals surface area contributed by atoms with Crippen LogP contribution < -0.4 is 0 Å². The lowest BCUT2D eigenvalue weighted by atomic mass is 9.52. The van der Waals surface area contributed by atoms with Crippen molar-refractivity contribution in [3.05, 3.63) is 22.3 Å². The molecule has 2 unspecified atom stereocenters. The maximum Gasteiger partial charge on any atom is -0.0111 e. The van der Waals surface area contributed by atoms with Crippen LogP contribution in [0.25, 0.3) is 0 Å². The second-order valence-corrected chi connectivity index (χ2v) is 8.84. The first-order valence-corrected chi connectivity index (χ1v) is 8.62. The van der Waals surface area contributed by atoms with Gasteiger partial charge >= 0.3 is 0 Å². The van der Waals surface area contributed by atoms with Gasteiger partial charge in [0.2, 0.25) is 0 Å². The van der Waals surface area contributed by atoms with Gasteiger partial charge in [-0.05, 0) is 75.0 Å². The molecule has 2 saturated carbocycles. The van der Waals surface area contributed by atoms with Crippen LogP contribution in [0.2, 0.25) is 0 Å². The van der Waals surface area contributed by atoms with Gasteiger partial charge in [0.15, 0.2) is 0 Å². The standard InChI is InChI=1S/2C10H16/c2*1-7-4-5-8-6-9(7)10(8,2)3/h2*8H,4-6H2,1-3H3. The summed E-state index contributed by atoms with van der Waals surface area (Å²) in [5.41, 5.74) is 8.08. The van der Waals surface area contributed by atoms with Gasteiger partial charge in [-0.1, -0.05) is 50.0 Å². The number of fused-ring (bicyclic) bond motifs is 4. The van der Waals surface area contributed by atoms with Crippen LogP contribution in [0.5, 0.6) is 0 Å². The van der Waals surface area contributed by atoms with E-state index in [0.717, 1.165) is 11.8 Å². The highest BCUT2D eigenvalue weighted by atomic mass is 14.5. The first-order chi connectivity index (χ1) is 9.24. The highest BCUT2D eigenvalue weighted by Crippen LogP contribution is 2.58. The SMILES string of the molecule is CC1=C2CC(CC1)C2(C)C.CC1=C2CC(CC1)C2(C)C. The molecular formula is C20H32. The van der Waals surface area contributed by atoms with E-state index in [1.54, 1.807) is 22.3 Å². The Morgan fingerprint density at radius 1 is 0.700 bits per heavy atom. The topological polar surface area (TPSA) is 0 Å². The van der Waals surface area contributed by atoms with Crippen LogP contribution in [0, 0.1) is 22.7 Å². The molecule has 0 N–H and O–H groups in total. The zero-order chi connectivity index (χ0) is 14.7. The van der Waals surface area contributed by atoms with E-state index in [-0.39, 0.29) is 0 Å². The van der Waals surface area contributed by atoms with Crippen molar-refractivity contribution in [1.29, 1.82) is 0 Å². The van der Waals surface area contributed by atoms with Crippen molar-refractivity contribution >= 4 is 0 Å². The summed E-state index contributed by atoms with van der Waals surface area (Å²) in [4.78, 5) is 0. The Labute approximate surface area is 125 Å². The minimum absolute atomic E-state index is 0.586. The van der Waals surface area contributed by atoms with Crippen molar-refractivity contribution in [2.45, 2.75) is 80.1 Å². The normalized spacial score (nSPS) is 35.7. The van der Waals surface area contributed by atoms with Gasteiger partial charge in [-0.3, -0.25) is 0 Å². The quantitative estimate of drug-likeness (QED) is 0.455. The molecule has 6 aliphatic carbocycles. The maximum absolute atomic E-state index is 2.40. The second-order valence-electron chi connectivity index (χ2n) is 8.84. The molecule has 112 valence electrons. The molecule has 0 radical (unpaired) electrons. The zero-order valence-electron chi connectivity index (χ0n) is 14.4. The molecule has 0 saturated heterocycles. The molecule has 6 rings (SSSR count). The number of hydrogen-bond acceptors (Lipinski definition) is 0. The molecule has 0 aliphatic heterocycles. The summed E-state index contributed by atoms with van der Waals surface area (Å²) < 4.78 is 0. The van der Waals surface area contributed by atoms with Gasteiger partial charge in [-0.25, -0.2) is 0 Å². The van der Waals surface area contributed by atoms with Gasteiger partial charge in [0, 0.05) is 0 Å². The summed E-state index contributed by atoms with van der Waals surface area (Å²) in [5, 5.41) is 0. The van der Waals surface area contributed by atoms with Gasteiger partial charge in [-0.15, -0.1) is 0 Å². The molecule has 0 aromatic heterocycles. The first kappa shape index (κ1) is 14.4. The Morgan fingerprint density at radius 3 is 1.20 bits per heavy atom. The second kappa shape index (κ2) is 4.49. The van der Waals surface area contributed by atoms with E-state index in [9.17, 15) is 0 Å². The maximum atomic E-state index is 2.40. The van der Waals surface area contributed by atoms with E-state index in [1.165, 1.54) is 38.5 Å². The third-order valence-corrected chi connectivity index (χ3v) is 7.26. The van der Waals surface area contributed by atoms with E-state index >= 15 is 0 Å². The molecule has 0 spiro atoms. The van der Waals surface area contributed by atoms with Crippen LogP contribution in [0.4, 0.5) is 0 Å². The predicted molar refractivity (Wildman–Crippen MR) is 87.6 cm³/mol. The van der Waals surface area contributed by atoms with Gasteiger partial charge in [0.05, 0.1) is 0 Å². The third-order valence-electron chi connectivity index (χ3n) is 7.26. The Bertz CT molecular complexity index is 438. The Kier molecular flexibility index (Phi) is 3.23. The summed E-state index contributed by atoms with van der Waals surface area (Å²) in [5.74, 6) is 2.04. The first-order valence-electron chi connectivity index (χ1n) is 8.62. The fourth-order valence-corrected chi connectivity index (χ4v) is 5.22. The molecule has 20 heavy (non-hydrogen) atoms. The summed E-state index contributed by atoms with van der Waals surface area (Å²) in [7, 11) is 0. The fraction of sp³-hybridized carbons (Fsp3) is 0.800. The third kappa shape index (κ3) is 1.94. The lowest BCUT2D eigenvalue weighted by molar-refractivity contribution is 0.133. The van der Waals surface area contributed by atoms with Gasteiger partial charge in [0.25, 0.3) is 0 Å². The fourth-order valence-electron chi connectivity index (χ4n) is 5.22. The monoisotopic (exact) mass is 272 g/mol. The minimum atomic E-state index is 0.586. The molecule has 0 aromatic carbocycles. The summed E-state index contributed by atoms with van der Waals surface area (Å²) in [6, 6.07) is 0. The smallest absolute Gasteiger partial charge is 0.0111 e. The van der Waals surface area contributed by atoms with Crippen molar-refractivity contribution in [3.63, 3.8) is 0 Å². The molecule has 0 heteroatoms. The van der Waals surface area contributed by atoms with E-state index in [4.69, 9.17) is 0 Å². The Hall–Kier alpha value is -0.520. The summed E-state index contributed by atoms with van der Waals surface area (Å²) in [6.45, 7) is 14.2. The molecular weight excluding hydrogens is 240 g/mol.